The smallest absolute Gasteiger partial charge is 0.0758 e. The molecular formula is C20H27ClN2O. The minimum absolute atomic E-state index is 0. The second-order valence-corrected chi connectivity index (χ2v) is 6.44. The van der Waals surface area contributed by atoms with E-state index < -0.39 is 6.10 Å². The van der Waals surface area contributed by atoms with E-state index in [9.17, 15) is 5.11 Å². The summed E-state index contributed by atoms with van der Waals surface area (Å²) in [6.45, 7) is 7.23. The van der Waals surface area contributed by atoms with Crippen molar-refractivity contribution in [1.82, 2.24) is 4.57 Å². The van der Waals surface area contributed by atoms with Crippen LogP contribution in [-0.2, 0) is 6.54 Å². The highest BCUT2D eigenvalue weighted by Gasteiger charge is 2.22. The number of halogens is 1. The number of nitrogens with zero attached hydrogens (tertiary/aromatic N) is 1. The van der Waals surface area contributed by atoms with Crippen molar-refractivity contribution in [2.45, 2.75) is 45.9 Å². The van der Waals surface area contributed by atoms with Gasteiger partial charge in [-0.15, -0.1) is 12.4 Å². The van der Waals surface area contributed by atoms with E-state index in [2.05, 4.69) is 60.9 Å². The molecule has 0 saturated carbocycles. The van der Waals surface area contributed by atoms with Gasteiger partial charge in [0.25, 0.3) is 0 Å². The van der Waals surface area contributed by atoms with E-state index in [4.69, 9.17) is 5.73 Å². The van der Waals surface area contributed by atoms with Crippen molar-refractivity contribution in [3.8, 4) is 0 Å². The molecule has 4 heteroatoms. The average Bonchev–Trinajstić information content (AvgIpc) is 2.92. The predicted molar refractivity (Wildman–Crippen MR) is 105 cm³/mol. The third kappa shape index (κ3) is 3.04. The van der Waals surface area contributed by atoms with Crippen molar-refractivity contribution in [3.05, 3.63) is 48.0 Å². The minimum atomic E-state index is -0.517. The lowest BCUT2D eigenvalue weighted by atomic mass is 9.91. The number of aromatic nitrogens is 1. The van der Waals surface area contributed by atoms with Crippen molar-refractivity contribution in [2.75, 3.05) is 0 Å². The summed E-state index contributed by atoms with van der Waals surface area (Å²) in [5, 5.41) is 12.9. The van der Waals surface area contributed by atoms with Crippen LogP contribution in [0.4, 0.5) is 0 Å². The first kappa shape index (κ1) is 18.8. The molecule has 24 heavy (non-hydrogen) atoms. The summed E-state index contributed by atoms with van der Waals surface area (Å²) in [5.41, 5.74) is 9.81. The molecular weight excluding hydrogens is 320 g/mol. The van der Waals surface area contributed by atoms with E-state index in [0.717, 1.165) is 18.5 Å². The molecule has 3 N–H and O–H groups in total. The van der Waals surface area contributed by atoms with Crippen LogP contribution in [0.15, 0.2) is 42.5 Å². The first-order valence-electron chi connectivity index (χ1n) is 8.53. The van der Waals surface area contributed by atoms with E-state index in [0.29, 0.717) is 0 Å². The first-order chi connectivity index (χ1) is 11.1. The monoisotopic (exact) mass is 346 g/mol. The largest absolute Gasteiger partial charge is 0.391 e. The number of rotatable bonds is 5. The molecule has 0 fully saturated rings. The third-order valence-electron chi connectivity index (χ3n) is 5.09. The van der Waals surface area contributed by atoms with Crippen molar-refractivity contribution < 1.29 is 5.11 Å². The van der Waals surface area contributed by atoms with E-state index in [1.54, 1.807) is 0 Å². The maximum atomic E-state index is 10.4. The Morgan fingerprint density at radius 2 is 1.71 bits per heavy atom. The predicted octanol–water partition coefficient (Wildman–Crippen LogP) is 4.64. The summed E-state index contributed by atoms with van der Waals surface area (Å²) in [6.07, 6.45) is 0.406. The molecule has 3 aromatic rings. The molecule has 1 heterocycles. The molecule has 130 valence electrons. The first-order valence-corrected chi connectivity index (χ1v) is 8.53. The summed E-state index contributed by atoms with van der Waals surface area (Å²) in [7, 11) is 0. The van der Waals surface area contributed by atoms with Gasteiger partial charge in [0.2, 0.25) is 0 Å². The van der Waals surface area contributed by atoms with E-state index in [1.165, 1.54) is 21.8 Å². The number of fused-ring (bicyclic) bond motifs is 3. The number of aliphatic hydroxyl groups excluding tert-OH is 1. The summed E-state index contributed by atoms with van der Waals surface area (Å²) in [6, 6.07) is 14.5. The van der Waals surface area contributed by atoms with Gasteiger partial charge >= 0.3 is 0 Å². The normalized spacial score (nSPS) is 15.2. The Hall–Kier alpha value is -1.55. The number of hydrogen-bond donors (Lipinski definition) is 2. The molecule has 1 unspecified atom stereocenters. The van der Waals surface area contributed by atoms with Crippen LogP contribution < -0.4 is 5.73 Å². The zero-order chi connectivity index (χ0) is 16.6. The number of hydrogen-bond acceptors (Lipinski definition) is 2. The van der Waals surface area contributed by atoms with Gasteiger partial charge in [-0.05, 0) is 36.6 Å². The Balaban J connectivity index is 0.00000208. The van der Waals surface area contributed by atoms with Crippen LogP contribution in [0.25, 0.3) is 21.8 Å². The molecule has 1 aromatic heterocycles. The van der Waals surface area contributed by atoms with Crippen LogP contribution in [0.3, 0.4) is 0 Å². The molecule has 0 saturated heterocycles. The summed E-state index contributed by atoms with van der Waals surface area (Å²) in [4.78, 5) is 0. The second kappa shape index (κ2) is 7.56. The van der Waals surface area contributed by atoms with Crippen LogP contribution in [-0.4, -0.2) is 15.8 Å². The van der Waals surface area contributed by atoms with Gasteiger partial charge in [-0.3, -0.25) is 0 Å². The molecule has 0 aliphatic rings. The highest BCUT2D eigenvalue weighted by Crippen LogP contribution is 2.32. The third-order valence-corrected chi connectivity index (χ3v) is 5.09. The van der Waals surface area contributed by atoms with Crippen LogP contribution in [0.2, 0.25) is 0 Å². The zero-order valence-corrected chi connectivity index (χ0v) is 15.4. The fourth-order valence-electron chi connectivity index (χ4n) is 3.41. The van der Waals surface area contributed by atoms with Gasteiger partial charge in [-0.2, -0.15) is 0 Å². The van der Waals surface area contributed by atoms with Crippen LogP contribution in [0, 0.1) is 5.92 Å². The van der Waals surface area contributed by atoms with Gasteiger partial charge in [0, 0.05) is 28.4 Å². The maximum Gasteiger partial charge on any atom is 0.0758 e. The lowest BCUT2D eigenvalue weighted by molar-refractivity contribution is 0.0880. The van der Waals surface area contributed by atoms with Crippen molar-refractivity contribution in [2.24, 2.45) is 11.7 Å². The number of para-hydroxylation sites is 1. The van der Waals surface area contributed by atoms with Crippen LogP contribution in [0.1, 0.15) is 38.8 Å². The fourth-order valence-corrected chi connectivity index (χ4v) is 3.41. The molecule has 0 aliphatic heterocycles. The molecule has 3 nitrogen and oxygen atoms in total. The molecule has 0 spiro atoms. The topological polar surface area (TPSA) is 51.2 Å². The number of benzene rings is 2. The molecule has 0 amide bonds. The van der Waals surface area contributed by atoms with Gasteiger partial charge in [-0.25, -0.2) is 0 Å². The van der Waals surface area contributed by atoms with Crippen molar-refractivity contribution >= 4 is 34.2 Å². The van der Waals surface area contributed by atoms with Crippen molar-refractivity contribution in [3.63, 3.8) is 0 Å². The number of nitrogens with two attached hydrogens (primary N) is 1. The Kier molecular flexibility index (Phi) is 5.92. The summed E-state index contributed by atoms with van der Waals surface area (Å²) >= 11 is 0. The van der Waals surface area contributed by atoms with Gasteiger partial charge in [0.05, 0.1) is 12.1 Å². The fraction of sp³-hybridized carbons (Fsp3) is 0.400. The maximum absolute atomic E-state index is 10.4. The van der Waals surface area contributed by atoms with E-state index in [1.807, 2.05) is 6.92 Å². The summed E-state index contributed by atoms with van der Waals surface area (Å²) < 4.78 is 2.32. The summed E-state index contributed by atoms with van der Waals surface area (Å²) in [5.74, 6) is 0.192. The molecule has 0 radical (unpaired) electrons. The highest BCUT2D eigenvalue weighted by molar-refractivity contribution is 6.08. The SMILES string of the molecule is CCC(C)[C@H](O)[C@H](N)c1ccc2c(c1)c1ccccc1n2CC.Cl. The van der Waals surface area contributed by atoms with Crippen LogP contribution >= 0.6 is 12.4 Å². The molecule has 3 atom stereocenters. The average molecular weight is 347 g/mol. The van der Waals surface area contributed by atoms with E-state index >= 15 is 0 Å². The quantitative estimate of drug-likeness (QED) is 0.706. The molecule has 0 aliphatic carbocycles. The number of aliphatic hydroxyl groups is 1. The lowest BCUT2D eigenvalue weighted by Gasteiger charge is -2.24. The Morgan fingerprint density at radius 1 is 1.04 bits per heavy atom. The highest BCUT2D eigenvalue weighted by atomic mass is 35.5. The van der Waals surface area contributed by atoms with Gasteiger partial charge in [0.1, 0.15) is 0 Å². The Bertz CT molecular complexity index is 827. The van der Waals surface area contributed by atoms with Crippen LogP contribution in [0.5, 0.6) is 0 Å². The van der Waals surface area contributed by atoms with Crippen molar-refractivity contribution in [1.29, 1.82) is 0 Å². The zero-order valence-electron chi connectivity index (χ0n) is 14.6. The minimum Gasteiger partial charge on any atom is -0.391 e. The van der Waals surface area contributed by atoms with Gasteiger partial charge < -0.3 is 15.4 Å². The molecule has 0 bridgehead atoms. The van der Waals surface area contributed by atoms with Gasteiger partial charge in [0.15, 0.2) is 0 Å². The van der Waals surface area contributed by atoms with E-state index in [-0.39, 0.29) is 24.4 Å². The standard InChI is InChI=1S/C20H26N2O.ClH/c1-4-13(3)20(23)19(21)14-10-11-18-16(12-14)15-8-6-7-9-17(15)22(18)5-2;/h6-13,19-20,23H,4-5,21H2,1-3H3;1H/t13?,19-,20+;/m1./s1. The Morgan fingerprint density at radius 3 is 2.38 bits per heavy atom. The second-order valence-electron chi connectivity index (χ2n) is 6.44. The Labute approximate surface area is 149 Å². The molecule has 3 rings (SSSR count). The van der Waals surface area contributed by atoms with Gasteiger partial charge in [-0.1, -0.05) is 44.5 Å². The molecule has 2 aromatic carbocycles. The number of aryl methyl sites for hydroxylation is 1. The lowest BCUT2D eigenvalue weighted by Crippen LogP contribution is -2.31.